The smallest absolute Gasteiger partial charge is 0.0641 e. The van der Waals surface area contributed by atoms with Gasteiger partial charge in [-0.15, -0.1) is 0 Å². The SMILES string of the molecule is CCC(NC1CCOC(C)(C)C1)C(C)C. The number of nitrogens with one attached hydrogen (secondary N) is 1. The van der Waals surface area contributed by atoms with Gasteiger partial charge < -0.3 is 10.1 Å². The van der Waals surface area contributed by atoms with E-state index in [-0.39, 0.29) is 5.60 Å². The summed E-state index contributed by atoms with van der Waals surface area (Å²) in [5.74, 6) is 0.723. The van der Waals surface area contributed by atoms with Gasteiger partial charge in [0.05, 0.1) is 5.60 Å². The van der Waals surface area contributed by atoms with Gasteiger partial charge in [-0.05, 0) is 39.0 Å². The van der Waals surface area contributed by atoms with E-state index in [9.17, 15) is 0 Å². The minimum atomic E-state index is 0.0607. The van der Waals surface area contributed by atoms with E-state index in [1.54, 1.807) is 0 Å². The monoisotopic (exact) mass is 213 g/mol. The first-order valence-corrected chi connectivity index (χ1v) is 6.34. The van der Waals surface area contributed by atoms with Gasteiger partial charge in [0.25, 0.3) is 0 Å². The fourth-order valence-corrected chi connectivity index (χ4v) is 2.46. The van der Waals surface area contributed by atoms with Gasteiger partial charge in [-0.25, -0.2) is 0 Å². The van der Waals surface area contributed by atoms with Gasteiger partial charge in [0.1, 0.15) is 0 Å². The largest absolute Gasteiger partial charge is 0.375 e. The van der Waals surface area contributed by atoms with Crippen LogP contribution in [0.15, 0.2) is 0 Å². The maximum Gasteiger partial charge on any atom is 0.0641 e. The molecule has 2 nitrogen and oxygen atoms in total. The lowest BCUT2D eigenvalue weighted by Crippen LogP contribution is -2.48. The standard InChI is InChI=1S/C13H27NO/c1-6-12(10(2)3)14-11-7-8-15-13(4,5)9-11/h10-12,14H,6-9H2,1-5H3. The summed E-state index contributed by atoms with van der Waals surface area (Å²) in [5, 5.41) is 3.78. The molecule has 1 aliphatic heterocycles. The van der Waals surface area contributed by atoms with Crippen LogP contribution >= 0.6 is 0 Å². The Labute approximate surface area is 94.8 Å². The van der Waals surface area contributed by atoms with Crippen LogP contribution in [0, 0.1) is 5.92 Å². The Kier molecular flexibility index (Phi) is 4.60. The Morgan fingerprint density at radius 1 is 1.40 bits per heavy atom. The molecule has 0 aromatic heterocycles. The van der Waals surface area contributed by atoms with E-state index in [0.29, 0.717) is 12.1 Å². The predicted molar refractivity (Wildman–Crippen MR) is 65.1 cm³/mol. The van der Waals surface area contributed by atoms with Crippen LogP contribution < -0.4 is 5.32 Å². The van der Waals surface area contributed by atoms with E-state index < -0.39 is 0 Å². The Balaban J connectivity index is 2.43. The van der Waals surface area contributed by atoms with Crippen LogP contribution in [0.25, 0.3) is 0 Å². The van der Waals surface area contributed by atoms with Gasteiger partial charge >= 0.3 is 0 Å². The Bertz CT molecular complexity index is 189. The first-order valence-electron chi connectivity index (χ1n) is 6.34. The maximum atomic E-state index is 5.73. The van der Waals surface area contributed by atoms with Crippen molar-refractivity contribution in [1.82, 2.24) is 5.32 Å². The summed E-state index contributed by atoms with van der Waals surface area (Å²) in [6, 6.07) is 1.30. The van der Waals surface area contributed by atoms with Crippen molar-refractivity contribution in [2.24, 2.45) is 5.92 Å². The van der Waals surface area contributed by atoms with Gasteiger partial charge in [0, 0.05) is 18.7 Å². The van der Waals surface area contributed by atoms with Crippen molar-refractivity contribution in [1.29, 1.82) is 0 Å². The number of hydrogen-bond acceptors (Lipinski definition) is 2. The molecule has 0 aromatic carbocycles. The quantitative estimate of drug-likeness (QED) is 0.775. The van der Waals surface area contributed by atoms with Crippen LogP contribution in [0.3, 0.4) is 0 Å². The second kappa shape index (κ2) is 5.31. The molecule has 0 aromatic rings. The minimum Gasteiger partial charge on any atom is -0.375 e. The molecular formula is C13H27NO. The Morgan fingerprint density at radius 2 is 2.07 bits per heavy atom. The van der Waals surface area contributed by atoms with Crippen molar-refractivity contribution < 1.29 is 4.74 Å². The molecule has 1 saturated heterocycles. The average Bonchev–Trinajstić information content (AvgIpc) is 2.12. The topological polar surface area (TPSA) is 21.3 Å². The third-order valence-corrected chi connectivity index (χ3v) is 3.39. The zero-order valence-corrected chi connectivity index (χ0v) is 11.0. The van der Waals surface area contributed by atoms with E-state index in [0.717, 1.165) is 25.4 Å². The molecule has 0 spiro atoms. The zero-order valence-electron chi connectivity index (χ0n) is 11.0. The van der Waals surface area contributed by atoms with E-state index in [2.05, 4.69) is 39.9 Å². The number of rotatable bonds is 4. The second-order valence-electron chi connectivity index (χ2n) is 5.72. The van der Waals surface area contributed by atoms with Gasteiger partial charge in [0.15, 0.2) is 0 Å². The molecule has 2 unspecified atom stereocenters. The summed E-state index contributed by atoms with van der Waals surface area (Å²) in [6.07, 6.45) is 3.51. The first-order chi connectivity index (χ1) is 6.94. The van der Waals surface area contributed by atoms with E-state index in [1.165, 1.54) is 6.42 Å². The summed E-state index contributed by atoms with van der Waals surface area (Å²) in [6.45, 7) is 12.1. The molecule has 0 aliphatic carbocycles. The van der Waals surface area contributed by atoms with Crippen LogP contribution in [0.2, 0.25) is 0 Å². The molecular weight excluding hydrogens is 186 g/mol. The molecule has 1 aliphatic rings. The summed E-state index contributed by atoms with van der Waals surface area (Å²) < 4.78 is 5.73. The van der Waals surface area contributed by atoms with Crippen LogP contribution in [0.1, 0.15) is 53.9 Å². The highest BCUT2D eigenvalue weighted by atomic mass is 16.5. The maximum absolute atomic E-state index is 5.73. The summed E-state index contributed by atoms with van der Waals surface area (Å²) in [7, 11) is 0. The molecule has 90 valence electrons. The lowest BCUT2D eigenvalue weighted by atomic mass is 9.91. The summed E-state index contributed by atoms with van der Waals surface area (Å²) >= 11 is 0. The second-order valence-corrected chi connectivity index (χ2v) is 5.72. The average molecular weight is 213 g/mol. The molecule has 15 heavy (non-hydrogen) atoms. The van der Waals surface area contributed by atoms with Crippen LogP contribution in [-0.2, 0) is 4.74 Å². The highest BCUT2D eigenvalue weighted by Gasteiger charge is 2.29. The van der Waals surface area contributed by atoms with E-state index in [1.807, 2.05) is 0 Å². The van der Waals surface area contributed by atoms with Crippen LogP contribution in [0.4, 0.5) is 0 Å². The molecule has 2 atom stereocenters. The molecule has 1 N–H and O–H groups in total. The normalized spacial score (nSPS) is 28.0. The molecule has 1 fully saturated rings. The Morgan fingerprint density at radius 3 is 2.53 bits per heavy atom. The predicted octanol–water partition coefficient (Wildman–Crippen LogP) is 2.97. The zero-order chi connectivity index (χ0) is 11.5. The van der Waals surface area contributed by atoms with Crippen molar-refractivity contribution in [2.45, 2.75) is 71.6 Å². The minimum absolute atomic E-state index is 0.0607. The first kappa shape index (κ1) is 13.0. The van der Waals surface area contributed by atoms with Crippen molar-refractivity contribution in [2.75, 3.05) is 6.61 Å². The van der Waals surface area contributed by atoms with Crippen molar-refractivity contribution in [3.8, 4) is 0 Å². The van der Waals surface area contributed by atoms with Crippen LogP contribution in [0.5, 0.6) is 0 Å². The van der Waals surface area contributed by atoms with Gasteiger partial charge in [-0.1, -0.05) is 20.8 Å². The fraction of sp³-hybridized carbons (Fsp3) is 1.00. The summed E-state index contributed by atoms with van der Waals surface area (Å²) in [5.41, 5.74) is 0.0607. The van der Waals surface area contributed by atoms with Crippen molar-refractivity contribution in [3.05, 3.63) is 0 Å². The summed E-state index contributed by atoms with van der Waals surface area (Å²) in [4.78, 5) is 0. The highest BCUT2D eigenvalue weighted by molar-refractivity contribution is 4.85. The molecule has 0 saturated carbocycles. The molecule has 0 bridgehead atoms. The van der Waals surface area contributed by atoms with Crippen molar-refractivity contribution in [3.63, 3.8) is 0 Å². The molecule has 0 radical (unpaired) electrons. The van der Waals surface area contributed by atoms with Crippen molar-refractivity contribution >= 4 is 0 Å². The molecule has 0 amide bonds. The number of ether oxygens (including phenoxy) is 1. The molecule has 2 heteroatoms. The lowest BCUT2D eigenvalue weighted by molar-refractivity contribution is -0.0648. The molecule has 1 rings (SSSR count). The van der Waals surface area contributed by atoms with E-state index in [4.69, 9.17) is 4.74 Å². The van der Waals surface area contributed by atoms with Gasteiger partial charge in [-0.2, -0.15) is 0 Å². The fourth-order valence-electron chi connectivity index (χ4n) is 2.46. The Hall–Kier alpha value is -0.0800. The van der Waals surface area contributed by atoms with Gasteiger partial charge in [-0.3, -0.25) is 0 Å². The highest BCUT2D eigenvalue weighted by Crippen LogP contribution is 2.24. The third kappa shape index (κ3) is 4.12. The van der Waals surface area contributed by atoms with E-state index >= 15 is 0 Å². The lowest BCUT2D eigenvalue weighted by Gasteiger charge is -2.38. The molecule has 1 heterocycles. The van der Waals surface area contributed by atoms with Crippen LogP contribution in [-0.4, -0.2) is 24.3 Å². The van der Waals surface area contributed by atoms with Gasteiger partial charge in [0.2, 0.25) is 0 Å². The third-order valence-electron chi connectivity index (χ3n) is 3.39. The number of hydrogen-bond donors (Lipinski definition) is 1.